The number of rotatable bonds is 7. The maximum absolute atomic E-state index is 13.4. The van der Waals surface area contributed by atoms with E-state index in [0.717, 1.165) is 16.7 Å². The summed E-state index contributed by atoms with van der Waals surface area (Å²) in [7, 11) is 0. The van der Waals surface area contributed by atoms with Crippen LogP contribution in [0.3, 0.4) is 0 Å². The number of hydrogen-bond acceptors (Lipinski definition) is 3. The molecule has 1 aliphatic rings. The Morgan fingerprint density at radius 1 is 0.906 bits per heavy atom. The van der Waals surface area contributed by atoms with Gasteiger partial charge in [0, 0.05) is 17.5 Å². The molecule has 3 aromatic rings. The second-order valence-electron chi connectivity index (χ2n) is 8.18. The van der Waals surface area contributed by atoms with Crippen molar-refractivity contribution in [1.82, 2.24) is 5.32 Å². The number of aliphatic carboxylic acids is 1. The summed E-state index contributed by atoms with van der Waals surface area (Å²) in [4.78, 5) is 36.1. The van der Waals surface area contributed by atoms with Crippen molar-refractivity contribution in [1.29, 1.82) is 0 Å². The third-order valence-corrected chi connectivity index (χ3v) is 5.79. The molecule has 5 nitrogen and oxygen atoms in total. The van der Waals surface area contributed by atoms with E-state index in [1.807, 2.05) is 24.3 Å². The lowest BCUT2D eigenvalue weighted by atomic mass is 9.98. The molecule has 0 aliphatic heterocycles. The lowest BCUT2D eigenvalue weighted by molar-refractivity contribution is -0.140. The Morgan fingerprint density at radius 3 is 2.00 bits per heavy atom. The Balaban J connectivity index is 1.41. The number of amides is 1. The first-order valence-corrected chi connectivity index (χ1v) is 10.3. The van der Waals surface area contributed by atoms with Crippen LogP contribution in [0.4, 0.5) is 4.39 Å². The molecule has 1 saturated carbocycles. The average Bonchev–Trinajstić information content (AvgIpc) is 3.57. The number of carbonyl (C=O) groups excluding carboxylic acids is 2. The lowest BCUT2D eigenvalue weighted by Gasteiger charge is -2.12. The summed E-state index contributed by atoms with van der Waals surface area (Å²) in [5.74, 6) is -1.81. The smallest absolute Gasteiger partial charge is 0.329 e. The highest BCUT2D eigenvalue weighted by molar-refractivity contribution is 5.99. The molecule has 0 atom stereocenters. The predicted molar refractivity (Wildman–Crippen MR) is 118 cm³/mol. The fourth-order valence-corrected chi connectivity index (χ4v) is 3.54. The fourth-order valence-electron chi connectivity index (χ4n) is 3.54. The summed E-state index contributed by atoms with van der Waals surface area (Å²) in [6.07, 6.45) is 1.11. The molecule has 0 aromatic heterocycles. The monoisotopic (exact) mass is 431 g/mol. The van der Waals surface area contributed by atoms with Crippen molar-refractivity contribution in [3.05, 3.63) is 94.8 Å². The van der Waals surface area contributed by atoms with Crippen molar-refractivity contribution >= 4 is 17.7 Å². The number of nitrogens with one attached hydrogen (secondary N) is 1. The van der Waals surface area contributed by atoms with Crippen LogP contribution in [0.25, 0.3) is 11.1 Å². The molecule has 4 rings (SSSR count). The SMILES string of the molecule is Cc1cc(C(=O)Cc2ccc(-c3ccc(C(=O)NC4(C(=O)O)CC4)cc3)cc2)ccc1F. The van der Waals surface area contributed by atoms with E-state index in [-0.39, 0.29) is 18.0 Å². The number of carbonyl (C=O) groups is 3. The zero-order chi connectivity index (χ0) is 22.9. The predicted octanol–water partition coefficient (Wildman–Crippen LogP) is 4.57. The molecule has 6 heteroatoms. The van der Waals surface area contributed by atoms with Gasteiger partial charge in [0.2, 0.25) is 0 Å². The zero-order valence-corrected chi connectivity index (χ0v) is 17.5. The summed E-state index contributed by atoms with van der Waals surface area (Å²) in [6.45, 7) is 1.63. The molecule has 0 spiro atoms. The molecule has 1 fully saturated rings. The van der Waals surface area contributed by atoms with Crippen molar-refractivity contribution < 1.29 is 23.9 Å². The van der Waals surface area contributed by atoms with Crippen LogP contribution in [0.2, 0.25) is 0 Å². The summed E-state index contributed by atoms with van der Waals surface area (Å²) in [5.41, 5.74) is 2.88. The van der Waals surface area contributed by atoms with Crippen LogP contribution >= 0.6 is 0 Å². The largest absolute Gasteiger partial charge is 0.480 e. The van der Waals surface area contributed by atoms with E-state index in [9.17, 15) is 23.9 Å². The number of aryl methyl sites for hydroxylation is 1. The zero-order valence-electron chi connectivity index (χ0n) is 17.5. The van der Waals surface area contributed by atoms with Crippen LogP contribution in [0.1, 0.15) is 44.7 Å². The van der Waals surface area contributed by atoms with Gasteiger partial charge in [-0.3, -0.25) is 9.59 Å². The van der Waals surface area contributed by atoms with Crippen LogP contribution in [-0.4, -0.2) is 28.3 Å². The molecule has 1 aliphatic carbocycles. The number of carboxylic acid groups (broad SMARTS) is 1. The third-order valence-electron chi connectivity index (χ3n) is 5.79. The van der Waals surface area contributed by atoms with Gasteiger partial charge in [0.25, 0.3) is 5.91 Å². The Bertz CT molecular complexity index is 1200. The van der Waals surface area contributed by atoms with Crippen LogP contribution < -0.4 is 5.32 Å². The summed E-state index contributed by atoms with van der Waals surface area (Å²) in [5, 5.41) is 11.8. The molecule has 162 valence electrons. The van der Waals surface area contributed by atoms with Crippen molar-refractivity contribution in [2.45, 2.75) is 31.7 Å². The minimum atomic E-state index is -1.12. The normalized spacial score (nSPS) is 13.9. The van der Waals surface area contributed by atoms with Crippen LogP contribution in [0.5, 0.6) is 0 Å². The van der Waals surface area contributed by atoms with E-state index >= 15 is 0 Å². The molecule has 3 aromatic carbocycles. The lowest BCUT2D eigenvalue weighted by Crippen LogP contribution is -2.43. The van der Waals surface area contributed by atoms with Gasteiger partial charge in [-0.2, -0.15) is 0 Å². The van der Waals surface area contributed by atoms with Gasteiger partial charge in [0.1, 0.15) is 11.4 Å². The minimum Gasteiger partial charge on any atom is -0.480 e. The fraction of sp³-hybridized carbons (Fsp3) is 0.192. The molecule has 0 unspecified atom stereocenters. The second-order valence-corrected chi connectivity index (χ2v) is 8.18. The first kappa shape index (κ1) is 21.4. The maximum atomic E-state index is 13.4. The minimum absolute atomic E-state index is 0.0778. The van der Waals surface area contributed by atoms with E-state index in [4.69, 9.17) is 0 Å². The van der Waals surface area contributed by atoms with Crippen LogP contribution in [0.15, 0.2) is 66.7 Å². The Labute approximate surface area is 184 Å². The molecule has 0 radical (unpaired) electrons. The topological polar surface area (TPSA) is 83.5 Å². The van der Waals surface area contributed by atoms with Gasteiger partial charge in [-0.15, -0.1) is 0 Å². The number of benzene rings is 3. The van der Waals surface area contributed by atoms with Crippen molar-refractivity contribution in [3.8, 4) is 11.1 Å². The van der Waals surface area contributed by atoms with E-state index in [2.05, 4.69) is 5.32 Å². The van der Waals surface area contributed by atoms with E-state index in [1.165, 1.54) is 12.1 Å². The average molecular weight is 431 g/mol. The van der Waals surface area contributed by atoms with Gasteiger partial charge >= 0.3 is 5.97 Å². The summed E-state index contributed by atoms with van der Waals surface area (Å²) >= 11 is 0. The van der Waals surface area contributed by atoms with Crippen molar-refractivity contribution in [2.75, 3.05) is 0 Å². The molecule has 1 amide bonds. The van der Waals surface area contributed by atoms with E-state index in [0.29, 0.717) is 29.5 Å². The van der Waals surface area contributed by atoms with Gasteiger partial charge < -0.3 is 10.4 Å². The number of Topliss-reactive ketones (excluding diaryl/α,β-unsaturated/α-hetero) is 1. The third kappa shape index (κ3) is 4.44. The maximum Gasteiger partial charge on any atom is 0.329 e. The molecule has 0 heterocycles. The van der Waals surface area contributed by atoms with Gasteiger partial charge in [-0.25, -0.2) is 9.18 Å². The Morgan fingerprint density at radius 2 is 1.47 bits per heavy atom. The first-order valence-electron chi connectivity index (χ1n) is 10.3. The second kappa shape index (κ2) is 8.38. The summed E-state index contributed by atoms with van der Waals surface area (Å²) in [6, 6.07) is 18.8. The van der Waals surface area contributed by atoms with Gasteiger partial charge in [0.15, 0.2) is 5.78 Å². The molecule has 0 saturated heterocycles. The number of ketones is 1. The highest BCUT2D eigenvalue weighted by Gasteiger charge is 2.51. The van der Waals surface area contributed by atoms with Crippen LogP contribution in [-0.2, 0) is 11.2 Å². The Hall–Kier alpha value is -3.80. The van der Waals surface area contributed by atoms with Gasteiger partial charge in [0.05, 0.1) is 0 Å². The Kier molecular flexibility index (Phi) is 5.61. The van der Waals surface area contributed by atoms with E-state index < -0.39 is 17.4 Å². The molecular formula is C26H22FNO4. The van der Waals surface area contributed by atoms with Crippen molar-refractivity contribution in [3.63, 3.8) is 0 Å². The summed E-state index contributed by atoms with van der Waals surface area (Å²) < 4.78 is 13.4. The first-order chi connectivity index (χ1) is 15.3. The standard InChI is InChI=1S/C26H22FNO4/c1-16-14-21(10-11-22(16)27)23(29)15-17-2-4-18(5-3-17)19-6-8-20(9-7-19)24(30)28-26(12-13-26)25(31)32/h2-11,14H,12-13,15H2,1H3,(H,28,30)(H,31,32). The molecule has 2 N–H and O–H groups in total. The number of carboxylic acids is 1. The molecule has 0 bridgehead atoms. The highest BCUT2D eigenvalue weighted by atomic mass is 19.1. The van der Waals surface area contributed by atoms with E-state index in [1.54, 1.807) is 37.3 Å². The highest BCUT2D eigenvalue weighted by Crippen LogP contribution is 2.35. The quantitative estimate of drug-likeness (QED) is 0.537. The number of halogens is 1. The molecule has 32 heavy (non-hydrogen) atoms. The van der Waals surface area contributed by atoms with Crippen LogP contribution in [0, 0.1) is 12.7 Å². The number of hydrogen-bond donors (Lipinski definition) is 2. The van der Waals surface area contributed by atoms with Gasteiger partial charge in [-0.05, 0) is 72.4 Å². The molecular weight excluding hydrogens is 409 g/mol. The van der Waals surface area contributed by atoms with Crippen molar-refractivity contribution in [2.24, 2.45) is 0 Å². The van der Waals surface area contributed by atoms with Gasteiger partial charge in [-0.1, -0.05) is 36.4 Å².